The highest BCUT2D eigenvalue weighted by Crippen LogP contribution is 2.44. The summed E-state index contributed by atoms with van der Waals surface area (Å²) < 4.78 is 13.0. The van der Waals surface area contributed by atoms with Crippen LogP contribution in [0, 0.1) is 18.2 Å². The summed E-state index contributed by atoms with van der Waals surface area (Å²) in [6.45, 7) is 7.30. The summed E-state index contributed by atoms with van der Waals surface area (Å²) in [5.74, 6) is -0.146. The zero-order valence-corrected chi connectivity index (χ0v) is 9.60. The molecule has 0 bridgehead atoms. The quantitative estimate of drug-likeness (QED) is 0.803. The van der Waals surface area contributed by atoms with Crippen molar-refractivity contribution >= 4 is 0 Å². The molecule has 1 aromatic carbocycles. The van der Waals surface area contributed by atoms with Crippen LogP contribution in [0.25, 0.3) is 0 Å². The van der Waals surface area contributed by atoms with Gasteiger partial charge in [-0.3, -0.25) is 0 Å². The highest BCUT2D eigenvalue weighted by atomic mass is 19.1. The van der Waals surface area contributed by atoms with Gasteiger partial charge in [0.05, 0.1) is 0 Å². The van der Waals surface area contributed by atoms with Crippen LogP contribution in [-0.2, 0) is 6.54 Å². The number of rotatable bonds is 3. The van der Waals surface area contributed by atoms with Gasteiger partial charge < -0.3 is 5.32 Å². The van der Waals surface area contributed by atoms with E-state index in [0.717, 1.165) is 17.7 Å². The fourth-order valence-corrected chi connectivity index (χ4v) is 1.88. The van der Waals surface area contributed by atoms with Crippen molar-refractivity contribution in [3.8, 4) is 0 Å². The molecule has 0 saturated heterocycles. The average molecular weight is 207 g/mol. The van der Waals surface area contributed by atoms with E-state index in [0.29, 0.717) is 11.5 Å². The van der Waals surface area contributed by atoms with Crippen LogP contribution in [0.15, 0.2) is 18.2 Å². The number of nitrogens with one attached hydrogen (secondary N) is 1. The molecular formula is C13H18FN. The zero-order valence-electron chi connectivity index (χ0n) is 9.60. The highest BCUT2D eigenvalue weighted by Gasteiger charge is 2.44. The van der Waals surface area contributed by atoms with Gasteiger partial charge in [-0.05, 0) is 42.0 Å². The van der Waals surface area contributed by atoms with Gasteiger partial charge in [-0.1, -0.05) is 19.9 Å². The molecule has 1 saturated carbocycles. The van der Waals surface area contributed by atoms with E-state index in [1.807, 2.05) is 13.0 Å². The van der Waals surface area contributed by atoms with Crippen LogP contribution >= 0.6 is 0 Å². The van der Waals surface area contributed by atoms with Gasteiger partial charge in [0.25, 0.3) is 0 Å². The van der Waals surface area contributed by atoms with Crippen molar-refractivity contribution in [1.29, 1.82) is 0 Å². The van der Waals surface area contributed by atoms with E-state index in [2.05, 4.69) is 19.2 Å². The molecule has 0 amide bonds. The fraction of sp³-hybridized carbons (Fsp3) is 0.538. The number of benzene rings is 1. The number of hydrogen-bond acceptors (Lipinski definition) is 1. The lowest BCUT2D eigenvalue weighted by atomic mass is 10.1. The molecule has 1 aromatic rings. The van der Waals surface area contributed by atoms with Gasteiger partial charge in [-0.25, -0.2) is 4.39 Å². The molecule has 1 aliphatic carbocycles. The third kappa shape index (κ3) is 2.37. The molecule has 2 heteroatoms. The Balaban J connectivity index is 1.96. The van der Waals surface area contributed by atoms with Crippen molar-refractivity contribution in [3.63, 3.8) is 0 Å². The molecule has 15 heavy (non-hydrogen) atoms. The van der Waals surface area contributed by atoms with Crippen molar-refractivity contribution in [3.05, 3.63) is 35.1 Å². The van der Waals surface area contributed by atoms with Crippen LogP contribution in [-0.4, -0.2) is 6.04 Å². The van der Waals surface area contributed by atoms with Crippen LogP contribution in [0.1, 0.15) is 31.4 Å². The van der Waals surface area contributed by atoms with E-state index in [1.165, 1.54) is 12.5 Å². The Hall–Kier alpha value is -0.890. The molecule has 0 radical (unpaired) electrons. The van der Waals surface area contributed by atoms with E-state index < -0.39 is 0 Å². The second-order valence-corrected chi connectivity index (χ2v) is 5.20. The average Bonchev–Trinajstić information content (AvgIpc) is 2.76. The van der Waals surface area contributed by atoms with Crippen molar-refractivity contribution in [2.24, 2.45) is 5.41 Å². The van der Waals surface area contributed by atoms with Gasteiger partial charge in [0.1, 0.15) is 5.82 Å². The lowest BCUT2D eigenvalue weighted by Crippen LogP contribution is -2.20. The zero-order chi connectivity index (χ0) is 11.1. The summed E-state index contributed by atoms with van der Waals surface area (Å²) in [5.41, 5.74) is 2.65. The predicted octanol–water partition coefficient (Wildman–Crippen LogP) is 3.02. The van der Waals surface area contributed by atoms with Crippen molar-refractivity contribution in [2.45, 2.75) is 39.8 Å². The Morgan fingerprint density at radius 1 is 1.47 bits per heavy atom. The maximum atomic E-state index is 13.0. The second kappa shape index (κ2) is 3.60. The third-order valence-electron chi connectivity index (χ3n) is 3.36. The lowest BCUT2D eigenvalue weighted by Gasteiger charge is -2.09. The summed E-state index contributed by atoms with van der Waals surface area (Å²) in [5, 5.41) is 3.46. The molecular weight excluding hydrogens is 189 g/mol. The molecule has 0 heterocycles. The van der Waals surface area contributed by atoms with Crippen molar-refractivity contribution in [2.75, 3.05) is 0 Å². The van der Waals surface area contributed by atoms with E-state index in [4.69, 9.17) is 0 Å². The minimum Gasteiger partial charge on any atom is -0.309 e. The topological polar surface area (TPSA) is 12.0 Å². The predicted molar refractivity (Wildman–Crippen MR) is 60.2 cm³/mol. The minimum atomic E-state index is -0.146. The molecule has 1 fully saturated rings. The van der Waals surface area contributed by atoms with Gasteiger partial charge in [0.15, 0.2) is 0 Å². The number of hydrogen-bond donors (Lipinski definition) is 1. The maximum Gasteiger partial charge on any atom is 0.123 e. The van der Waals surface area contributed by atoms with Gasteiger partial charge in [0.2, 0.25) is 0 Å². The molecule has 82 valence electrons. The van der Waals surface area contributed by atoms with Gasteiger partial charge in [0, 0.05) is 12.6 Å². The Labute approximate surface area is 90.7 Å². The summed E-state index contributed by atoms with van der Waals surface area (Å²) in [4.78, 5) is 0. The van der Waals surface area contributed by atoms with Gasteiger partial charge in [-0.15, -0.1) is 0 Å². The second-order valence-electron chi connectivity index (χ2n) is 5.20. The molecule has 1 aliphatic rings. The molecule has 0 aliphatic heterocycles. The van der Waals surface area contributed by atoms with Gasteiger partial charge in [-0.2, -0.15) is 0 Å². The van der Waals surface area contributed by atoms with Crippen molar-refractivity contribution in [1.82, 2.24) is 5.32 Å². The normalized spacial score (nSPS) is 22.8. The van der Waals surface area contributed by atoms with Crippen LogP contribution in [0.4, 0.5) is 4.39 Å². The SMILES string of the molecule is Cc1ccc(F)cc1CNC1CC1(C)C. The van der Waals surface area contributed by atoms with Crippen LogP contribution < -0.4 is 5.32 Å². The Morgan fingerprint density at radius 3 is 2.73 bits per heavy atom. The molecule has 1 unspecified atom stereocenters. The molecule has 2 rings (SSSR count). The number of halogens is 1. The lowest BCUT2D eigenvalue weighted by molar-refractivity contribution is 0.539. The Morgan fingerprint density at radius 2 is 2.13 bits per heavy atom. The number of aryl methyl sites for hydroxylation is 1. The first-order chi connectivity index (χ1) is 6.99. The molecule has 0 spiro atoms. The highest BCUT2D eigenvalue weighted by molar-refractivity contribution is 5.26. The molecule has 1 N–H and O–H groups in total. The third-order valence-corrected chi connectivity index (χ3v) is 3.36. The van der Waals surface area contributed by atoms with Crippen LogP contribution in [0.3, 0.4) is 0 Å². The fourth-order valence-electron chi connectivity index (χ4n) is 1.88. The monoisotopic (exact) mass is 207 g/mol. The first-order valence-corrected chi connectivity index (χ1v) is 5.47. The molecule has 1 nitrogen and oxygen atoms in total. The standard InChI is InChI=1S/C13H18FN/c1-9-4-5-11(14)6-10(9)8-15-12-7-13(12,2)3/h4-6,12,15H,7-8H2,1-3H3. The minimum absolute atomic E-state index is 0.146. The molecule has 0 aromatic heterocycles. The Kier molecular flexibility index (Phi) is 2.55. The van der Waals surface area contributed by atoms with Crippen molar-refractivity contribution < 1.29 is 4.39 Å². The maximum absolute atomic E-state index is 13.0. The summed E-state index contributed by atoms with van der Waals surface area (Å²) in [6.07, 6.45) is 1.22. The first kappa shape index (κ1) is 10.6. The summed E-state index contributed by atoms with van der Waals surface area (Å²) >= 11 is 0. The summed E-state index contributed by atoms with van der Waals surface area (Å²) in [6, 6.07) is 5.57. The van der Waals surface area contributed by atoms with Gasteiger partial charge >= 0.3 is 0 Å². The van der Waals surface area contributed by atoms with E-state index in [9.17, 15) is 4.39 Å². The van der Waals surface area contributed by atoms with E-state index in [-0.39, 0.29) is 5.82 Å². The van der Waals surface area contributed by atoms with E-state index in [1.54, 1.807) is 6.07 Å². The van der Waals surface area contributed by atoms with E-state index >= 15 is 0 Å². The van der Waals surface area contributed by atoms with Crippen LogP contribution in [0.5, 0.6) is 0 Å². The summed E-state index contributed by atoms with van der Waals surface area (Å²) in [7, 11) is 0. The smallest absolute Gasteiger partial charge is 0.123 e. The molecule has 1 atom stereocenters. The van der Waals surface area contributed by atoms with Crippen LogP contribution in [0.2, 0.25) is 0 Å². The first-order valence-electron chi connectivity index (χ1n) is 5.47. The largest absolute Gasteiger partial charge is 0.309 e. The Bertz CT molecular complexity index is 371.